The van der Waals surface area contributed by atoms with Gasteiger partial charge in [-0.15, -0.1) is 0 Å². The molecule has 0 aliphatic heterocycles. The van der Waals surface area contributed by atoms with Crippen molar-refractivity contribution >= 4 is 17.4 Å². The Morgan fingerprint density at radius 2 is 1.54 bits per heavy atom. The molecule has 10 heteroatoms. The van der Waals surface area contributed by atoms with Gasteiger partial charge in [0.05, 0.1) is 18.4 Å². The lowest BCUT2D eigenvalue weighted by atomic mass is 9.99. The lowest BCUT2D eigenvalue weighted by molar-refractivity contribution is -0.336. The summed E-state index contributed by atoms with van der Waals surface area (Å²) < 4.78 is 95.4. The van der Waals surface area contributed by atoms with E-state index in [0.717, 1.165) is 12.1 Å². The van der Waals surface area contributed by atoms with Crippen LogP contribution < -0.4 is 0 Å². The van der Waals surface area contributed by atoms with Crippen LogP contribution in [0.25, 0.3) is 0 Å². The highest BCUT2D eigenvalue weighted by atomic mass is 19.4. The van der Waals surface area contributed by atoms with E-state index in [1.807, 2.05) is 0 Å². The van der Waals surface area contributed by atoms with Gasteiger partial charge in [-0.3, -0.25) is 0 Å². The normalized spacial score (nSPS) is 13.6. The quantitative estimate of drug-likeness (QED) is 0.341. The summed E-state index contributed by atoms with van der Waals surface area (Å²) in [6.45, 7) is 2.80. The molecule has 0 heterocycles. The summed E-state index contributed by atoms with van der Waals surface area (Å²) in [4.78, 5) is 14.4. The zero-order valence-corrected chi connectivity index (χ0v) is 12.0. The molecule has 1 rings (SSSR count). The van der Waals surface area contributed by atoms with Crippen LogP contribution >= 0.6 is 0 Å². The Balaban J connectivity index is 3.56. The molecule has 0 saturated carbocycles. The summed E-state index contributed by atoms with van der Waals surface area (Å²) in [6, 6.07) is 6.10. The predicted octanol–water partition coefficient (Wildman–Crippen LogP) is 4.32. The first-order valence-corrected chi connectivity index (χ1v) is 6.10. The standard InChI is InChI=1S/C14H10F7NO2/c1-8(11(23)24-2)10(22-9-6-4-3-5-7-9)12(15,16)13(17,18)14(19,20)21/h3-7H,1H2,2H3. The average Bonchev–Trinajstić information content (AvgIpc) is 2.50. The molecule has 0 atom stereocenters. The molecule has 0 aliphatic carbocycles. The van der Waals surface area contributed by atoms with Crippen LogP contribution in [0.1, 0.15) is 0 Å². The molecule has 0 unspecified atom stereocenters. The fraction of sp³-hybridized carbons (Fsp3) is 0.286. The van der Waals surface area contributed by atoms with E-state index in [9.17, 15) is 35.5 Å². The first-order valence-electron chi connectivity index (χ1n) is 6.10. The summed E-state index contributed by atoms with van der Waals surface area (Å²) in [7, 11) is 0.716. The zero-order chi connectivity index (χ0) is 18.8. The van der Waals surface area contributed by atoms with Crippen molar-refractivity contribution in [2.24, 2.45) is 4.99 Å². The highest BCUT2D eigenvalue weighted by molar-refractivity contribution is 6.23. The number of benzene rings is 1. The number of carbonyl (C=O) groups excluding carboxylic acids is 1. The Kier molecular flexibility index (Phi) is 5.42. The highest BCUT2D eigenvalue weighted by Gasteiger charge is 2.75. The minimum Gasteiger partial charge on any atom is -0.465 e. The van der Waals surface area contributed by atoms with E-state index in [-0.39, 0.29) is 5.69 Å². The minimum atomic E-state index is -6.58. The fourth-order valence-corrected chi connectivity index (χ4v) is 1.51. The van der Waals surface area contributed by atoms with Gasteiger partial charge in [-0.25, -0.2) is 9.79 Å². The van der Waals surface area contributed by atoms with E-state index < -0.39 is 35.3 Å². The maximum atomic E-state index is 13.9. The predicted molar refractivity (Wildman–Crippen MR) is 70.6 cm³/mol. The summed E-state index contributed by atoms with van der Waals surface area (Å²) in [6.07, 6.45) is -6.58. The molecule has 0 spiro atoms. The number of alkyl halides is 7. The van der Waals surface area contributed by atoms with Gasteiger partial charge in [0.15, 0.2) is 0 Å². The van der Waals surface area contributed by atoms with Gasteiger partial charge in [-0.1, -0.05) is 24.8 Å². The van der Waals surface area contributed by atoms with Crippen molar-refractivity contribution < 1.29 is 40.3 Å². The molecule has 0 saturated heterocycles. The molecule has 24 heavy (non-hydrogen) atoms. The lowest BCUT2D eigenvalue weighted by Gasteiger charge is -2.29. The highest BCUT2D eigenvalue weighted by Crippen LogP contribution is 2.48. The Morgan fingerprint density at radius 3 is 1.96 bits per heavy atom. The summed E-state index contributed by atoms with van der Waals surface area (Å²) >= 11 is 0. The zero-order valence-electron chi connectivity index (χ0n) is 12.0. The largest absolute Gasteiger partial charge is 0.465 e. The molecule has 132 valence electrons. The van der Waals surface area contributed by atoms with Gasteiger partial charge in [0, 0.05) is 0 Å². The molecule has 0 fully saturated rings. The molecule has 0 aromatic heterocycles. The van der Waals surface area contributed by atoms with Crippen LogP contribution in [-0.4, -0.2) is 36.8 Å². The third-order valence-electron chi connectivity index (χ3n) is 2.76. The number of carbonyl (C=O) groups is 1. The van der Waals surface area contributed by atoms with Crippen molar-refractivity contribution in [2.45, 2.75) is 18.0 Å². The summed E-state index contributed by atoms with van der Waals surface area (Å²) in [5.41, 5.74) is -3.94. The van der Waals surface area contributed by atoms with Crippen LogP contribution in [-0.2, 0) is 9.53 Å². The SMILES string of the molecule is C=C(C(=O)OC)C(=Nc1ccccc1)C(F)(F)C(F)(F)C(F)(F)F. The number of halogens is 7. The summed E-state index contributed by atoms with van der Waals surface area (Å²) in [5.74, 6) is -14.0. The second kappa shape index (κ2) is 6.62. The number of rotatable bonds is 5. The van der Waals surface area contributed by atoms with Crippen LogP contribution in [0.5, 0.6) is 0 Å². The molecular weight excluding hydrogens is 347 g/mol. The van der Waals surface area contributed by atoms with Gasteiger partial charge in [-0.05, 0) is 12.1 Å². The fourth-order valence-electron chi connectivity index (χ4n) is 1.51. The third kappa shape index (κ3) is 3.57. The lowest BCUT2D eigenvalue weighted by Crippen LogP contribution is -2.56. The van der Waals surface area contributed by atoms with Crippen LogP contribution in [0.4, 0.5) is 36.4 Å². The number of hydrogen-bond acceptors (Lipinski definition) is 3. The van der Waals surface area contributed by atoms with Crippen LogP contribution in [0, 0.1) is 0 Å². The van der Waals surface area contributed by atoms with E-state index in [2.05, 4.69) is 16.3 Å². The minimum absolute atomic E-state index is 0.379. The summed E-state index contributed by atoms with van der Waals surface area (Å²) in [5, 5.41) is 0. The number of hydrogen-bond donors (Lipinski definition) is 0. The molecule has 1 aromatic carbocycles. The van der Waals surface area contributed by atoms with Crippen molar-refractivity contribution in [1.82, 2.24) is 0 Å². The van der Waals surface area contributed by atoms with Gasteiger partial charge < -0.3 is 4.74 Å². The Bertz CT molecular complexity index is 651. The molecule has 0 bridgehead atoms. The van der Waals surface area contributed by atoms with Crippen LogP contribution in [0.2, 0.25) is 0 Å². The average molecular weight is 357 g/mol. The van der Waals surface area contributed by atoms with Crippen LogP contribution in [0.15, 0.2) is 47.5 Å². The third-order valence-corrected chi connectivity index (χ3v) is 2.76. The van der Waals surface area contributed by atoms with Crippen molar-refractivity contribution in [1.29, 1.82) is 0 Å². The molecule has 3 nitrogen and oxygen atoms in total. The van der Waals surface area contributed by atoms with E-state index in [4.69, 9.17) is 0 Å². The number of nitrogens with zero attached hydrogens (tertiary/aromatic N) is 1. The second-order valence-corrected chi connectivity index (χ2v) is 4.41. The topological polar surface area (TPSA) is 38.7 Å². The number of para-hydroxylation sites is 1. The van der Waals surface area contributed by atoms with Crippen LogP contribution in [0.3, 0.4) is 0 Å². The van der Waals surface area contributed by atoms with E-state index >= 15 is 0 Å². The van der Waals surface area contributed by atoms with Crippen molar-refractivity contribution in [3.05, 3.63) is 42.5 Å². The second-order valence-electron chi connectivity index (χ2n) is 4.41. The molecule has 0 N–H and O–H groups in total. The maximum absolute atomic E-state index is 13.9. The maximum Gasteiger partial charge on any atom is 0.460 e. The number of aliphatic imine (C=N–C) groups is 1. The monoisotopic (exact) mass is 357 g/mol. The molecule has 0 amide bonds. The van der Waals surface area contributed by atoms with Crippen molar-refractivity contribution in [2.75, 3.05) is 7.11 Å². The van der Waals surface area contributed by atoms with Crippen molar-refractivity contribution in [3.63, 3.8) is 0 Å². The molecule has 0 radical (unpaired) electrons. The number of esters is 1. The van der Waals surface area contributed by atoms with E-state index in [1.54, 1.807) is 0 Å². The van der Waals surface area contributed by atoms with E-state index in [0.29, 0.717) is 7.11 Å². The number of ether oxygens (including phenoxy) is 1. The van der Waals surface area contributed by atoms with Gasteiger partial charge in [-0.2, -0.15) is 30.7 Å². The smallest absolute Gasteiger partial charge is 0.460 e. The van der Waals surface area contributed by atoms with Crippen molar-refractivity contribution in [3.8, 4) is 0 Å². The van der Waals surface area contributed by atoms with E-state index in [1.165, 1.54) is 18.2 Å². The first-order chi connectivity index (χ1) is 10.9. The number of methoxy groups -OCH3 is 1. The van der Waals surface area contributed by atoms with Gasteiger partial charge >= 0.3 is 24.0 Å². The molecule has 0 aliphatic rings. The Labute approximate surface area is 131 Å². The van der Waals surface area contributed by atoms with Gasteiger partial charge in [0.2, 0.25) is 0 Å². The molecular formula is C14H10F7NO2. The van der Waals surface area contributed by atoms with Gasteiger partial charge in [0.25, 0.3) is 0 Å². The van der Waals surface area contributed by atoms with Gasteiger partial charge in [0.1, 0.15) is 5.71 Å². The molecule has 1 aromatic rings. The Morgan fingerprint density at radius 1 is 1.04 bits per heavy atom. The Hall–Kier alpha value is -2.39. The first kappa shape index (κ1) is 19.7.